The van der Waals surface area contributed by atoms with Gasteiger partial charge in [0, 0.05) is 35.3 Å². The molecule has 0 spiro atoms. The van der Waals surface area contributed by atoms with E-state index in [-0.39, 0.29) is 28.7 Å². The van der Waals surface area contributed by atoms with E-state index in [2.05, 4.69) is 19.2 Å². The second kappa shape index (κ2) is 9.24. The van der Waals surface area contributed by atoms with Crippen LogP contribution in [0.2, 0.25) is 0 Å². The Labute approximate surface area is 227 Å². The molecule has 2 saturated carbocycles. The van der Waals surface area contributed by atoms with Crippen molar-refractivity contribution in [1.29, 1.82) is 0 Å². The highest BCUT2D eigenvalue weighted by atomic mass is 19.4. The smallest absolute Gasteiger partial charge is 0.308 e. The van der Waals surface area contributed by atoms with Crippen LogP contribution in [-0.4, -0.2) is 23.3 Å². The Kier molecular flexibility index (Phi) is 6.20. The first-order chi connectivity index (χ1) is 18.5. The van der Waals surface area contributed by atoms with E-state index in [1.807, 2.05) is 30.3 Å². The van der Waals surface area contributed by atoms with E-state index in [0.717, 1.165) is 37.0 Å². The number of benzene rings is 2. The van der Waals surface area contributed by atoms with Crippen LogP contribution in [0.5, 0.6) is 0 Å². The maximum Gasteiger partial charge on any atom is 0.416 e. The summed E-state index contributed by atoms with van der Waals surface area (Å²) in [4.78, 5) is 29.0. The quantitative estimate of drug-likeness (QED) is 0.422. The molecule has 0 radical (unpaired) electrons. The van der Waals surface area contributed by atoms with Gasteiger partial charge in [0.05, 0.1) is 5.56 Å². The summed E-state index contributed by atoms with van der Waals surface area (Å²) in [6, 6.07) is 14.1. The normalized spacial score (nSPS) is 34.0. The van der Waals surface area contributed by atoms with E-state index >= 15 is 0 Å². The van der Waals surface area contributed by atoms with Crippen LogP contribution in [0.4, 0.5) is 23.7 Å². The number of carbonyl (C=O) groups is 2. The standard InChI is InChI=1S/C32H35F3N2O2/c1-30-14-7-12-25(30)24-19-37(29(39)36-22-11-6-10-21(16-22)32(33,34)35)28-17-27(38)23(20-8-4-3-5-9-20)18-31(28,2)26(24)13-15-30/h3-6,8-11,16-17,23-26H,7,12-15,18-19H2,1-2H3,(H,36,39)/t23?,24-,25-,26-,30-,31+/m0/s1. The molecule has 2 amide bonds. The number of halogens is 3. The zero-order valence-electron chi connectivity index (χ0n) is 22.4. The van der Waals surface area contributed by atoms with Gasteiger partial charge in [-0.15, -0.1) is 0 Å². The largest absolute Gasteiger partial charge is 0.416 e. The number of carbonyl (C=O) groups excluding carboxylic acids is 2. The number of allylic oxidation sites excluding steroid dienone is 2. The van der Waals surface area contributed by atoms with Crippen LogP contribution in [0.3, 0.4) is 0 Å². The van der Waals surface area contributed by atoms with Crippen molar-refractivity contribution >= 4 is 17.5 Å². The van der Waals surface area contributed by atoms with E-state index < -0.39 is 23.2 Å². The summed E-state index contributed by atoms with van der Waals surface area (Å²) in [5.74, 6) is 0.822. The Hall–Kier alpha value is -3.09. The van der Waals surface area contributed by atoms with Gasteiger partial charge in [-0.2, -0.15) is 13.2 Å². The van der Waals surface area contributed by atoms with Crippen LogP contribution in [0, 0.1) is 28.6 Å². The lowest BCUT2D eigenvalue weighted by Gasteiger charge is -2.60. The average molecular weight is 537 g/mol. The number of piperidine rings is 1. The van der Waals surface area contributed by atoms with Crippen molar-refractivity contribution in [3.8, 4) is 0 Å². The molecule has 2 aromatic rings. The van der Waals surface area contributed by atoms with E-state index in [9.17, 15) is 22.8 Å². The minimum atomic E-state index is -4.50. The number of ketones is 1. The number of amides is 2. The van der Waals surface area contributed by atoms with Crippen molar-refractivity contribution in [2.75, 3.05) is 11.9 Å². The fourth-order valence-electron chi connectivity index (χ4n) is 8.52. The average Bonchev–Trinajstić information content (AvgIpc) is 3.30. The fourth-order valence-corrected chi connectivity index (χ4v) is 8.52. The Morgan fingerprint density at radius 2 is 1.77 bits per heavy atom. The summed E-state index contributed by atoms with van der Waals surface area (Å²) in [6.07, 6.45) is 3.51. The molecular formula is C32H35F3N2O2. The molecule has 1 aliphatic heterocycles. The minimum Gasteiger partial charge on any atom is -0.308 e. The fraction of sp³-hybridized carbons (Fsp3) is 0.500. The van der Waals surface area contributed by atoms with E-state index in [1.165, 1.54) is 25.0 Å². The van der Waals surface area contributed by atoms with Gasteiger partial charge in [-0.25, -0.2) is 4.79 Å². The van der Waals surface area contributed by atoms with Gasteiger partial charge in [-0.05, 0) is 79.0 Å². The molecule has 1 heterocycles. The zero-order chi connectivity index (χ0) is 27.6. The maximum atomic E-state index is 13.8. The Morgan fingerprint density at radius 3 is 2.51 bits per heavy atom. The predicted octanol–water partition coefficient (Wildman–Crippen LogP) is 8.03. The van der Waals surface area contributed by atoms with Gasteiger partial charge < -0.3 is 5.32 Å². The number of fused-ring (bicyclic) bond motifs is 5. The van der Waals surface area contributed by atoms with Gasteiger partial charge in [-0.1, -0.05) is 56.7 Å². The van der Waals surface area contributed by atoms with Crippen LogP contribution in [0.25, 0.3) is 0 Å². The number of hydrogen-bond acceptors (Lipinski definition) is 2. The highest BCUT2D eigenvalue weighted by molar-refractivity contribution is 5.99. The lowest BCUT2D eigenvalue weighted by atomic mass is 9.49. The third kappa shape index (κ3) is 4.38. The second-order valence-corrected chi connectivity index (χ2v) is 12.6. The summed E-state index contributed by atoms with van der Waals surface area (Å²) >= 11 is 0. The number of nitrogens with zero attached hydrogens (tertiary/aromatic N) is 1. The molecule has 0 aromatic heterocycles. The van der Waals surface area contributed by atoms with Crippen LogP contribution in [0.1, 0.15) is 69.4 Å². The van der Waals surface area contributed by atoms with Crippen molar-refractivity contribution in [2.24, 2.45) is 28.6 Å². The molecule has 1 N–H and O–H groups in total. The third-order valence-corrected chi connectivity index (χ3v) is 10.4. The number of rotatable bonds is 2. The van der Waals surface area contributed by atoms with Gasteiger partial charge in [0.25, 0.3) is 0 Å². The lowest BCUT2D eigenvalue weighted by molar-refractivity contribution is -0.137. The molecule has 6 atom stereocenters. The molecule has 4 nitrogen and oxygen atoms in total. The molecule has 3 aliphatic carbocycles. The Bertz CT molecular complexity index is 1320. The van der Waals surface area contributed by atoms with Crippen molar-refractivity contribution in [2.45, 2.75) is 64.5 Å². The van der Waals surface area contributed by atoms with E-state index in [1.54, 1.807) is 11.0 Å². The first kappa shape index (κ1) is 26.1. The zero-order valence-corrected chi connectivity index (χ0v) is 22.4. The summed E-state index contributed by atoms with van der Waals surface area (Å²) in [7, 11) is 0. The summed E-state index contributed by atoms with van der Waals surface area (Å²) < 4.78 is 40.0. The van der Waals surface area contributed by atoms with Crippen LogP contribution in [-0.2, 0) is 11.0 Å². The number of likely N-dealkylation sites (tertiary alicyclic amines) is 1. The molecule has 2 aromatic carbocycles. The number of alkyl halides is 3. The third-order valence-electron chi connectivity index (χ3n) is 10.4. The van der Waals surface area contributed by atoms with Gasteiger partial charge in [-0.3, -0.25) is 9.69 Å². The molecular weight excluding hydrogens is 501 g/mol. The monoisotopic (exact) mass is 536 g/mol. The molecule has 1 unspecified atom stereocenters. The number of anilines is 1. The molecule has 206 valence electrons. The highest BCUT2D eigenvalue weighted by Crippen LogP contribution is 2.64. The minimum absolute atomic E-state index is 0.0227. The molecule has 1 saturated heterocycles. The molecule has 7 heteroatoms. The van der Waals surface area contributed by atoms with Crippen molar-refractivity contribution in [3.63, 3.8) is 0 Å². The number of urea groups is 1. The van der Waals surface area contributed by atoms with Gasteiger partial charge in [0.1, 0.15) is 0 Å². The highest BCUT2D eigenvalue weighted by Gasteiger charge is 2.60. The van der Waals surface area contributed by atoms with Gasteiger partial charge >= 0.3 is 12.2 Å². The first-order valence-corrected chi connectivity index (χ1v) is 14.1. The topological polar surface area (TPSA) is 49.4 Å². The van der Waals surface area contributed by atoms with Crippen molar-refractivity contribution < 1.29 is 22.8 Å². The summed E-state index contributed by atoms with van der Waals surface area (Å²) in [6.45, 7) is 5.08. The molecule has 4 aliphatic rings. The van der Waals surface area contributed by atoms with Crippen LogP contribution < -0.4 is 5.32 Å². The summed E-state index contributed by atoms with van der Waals surface area (Å²) in [5.41, 5.74) is 0.848. The molecule has 39 heavy (non-hydrogen) atoms. The molecule has 3 fully saturated rings. The second-order valence-electron chi connectivity index (χ2n) is 12.6. The summed E-state index contributed by atoms with van der Waals surface area (Å²) in [5, 5.41) is 2.73. The Morgan fingerprint density at radius 1 is 1.00 bits per heavy atom. The Balaban J connectivity index is 1.39. The van der Waals surface area contributed by atoms with E-state index in [4.69, 9.17) is 0 Å². The number of nitrogens with one attached hydrogen (secondary N) is 1. The predicted molar refractivity (Wildman–Crippen MR) is 144 cm³/mol. The molecule has 0 bridgehead atoms. The van der Waals surface area contributed by atoms with Crippen molar-refractivity contribution in [3.05, 3.63) is 77.5 Å². The van der Waals surface area contributed by atoms with Gasteiger partial charge in [0.2, 0.25) is 0 Å². The first-order valence-electron chi connectivity index (χ1n) is 14.1. The van der Waals surface area contributed by atoms with Crippen LogP contribution >= 0.6 is 0 Å². The van der Waals surface area contributed by atoms with Crippen molar-refractivity contribution in [1.82, 2.24) is 4.90 Å². The number of hydrogen-bond donors (Lipinski definition) is 1. The maximum absolute atomic E-state index is 13.8. The lowest BCUT2D eigenvalue weighted by Crippen LogP contribution is -2.59. The van der Waals surface area contributed by atoms with Crippen LogP contribution in [0.15, 0.2) is 66.4 Å². The molecule has 6 rings (SSSR count). The van der Waals surface area contributed by atoms with Gasteiger partial charge in [0.15, 0.2) is 5.78 Å². The SMILES string of the molecule is C[C@@]12CCC[C@H]1[C@@H]1CN(C(=O)Nc3cccc(C(F)(F)F)c3)C3=CC(=O)C(c4ccccc4)C[C@]3(C)[C@H]1CC2. The van der Waals surface area contributed by atoms with E-state index in [0.29, 0.717) is 30.5 Å².